The Morgan fingerprint density at radius 2 is 1.88 bits per heavy atom. The average Bonchev–Trinajstić information content (AvgIpc) is 3.28. The third-order valence-corrected chi connectivity index (χ3v) is 8.30. The van der Waals surface area contributed by atoms with Crippen molar-refractivity contribution in [3.8, 4) is 5.75 Å². The molecule has 0 fully saturated rings. The Balaban J connectivity index is 1.83. The number of phenols is 1. The van der Waals surface area contributed by atoms with Crippen LogP contribution >= 0.6 is 27.3 Å². The van der Waals surface area contributed by atoms with E-state index in [1.165, 1.54) is 22.8 Å². The highest BCUT2D eigenvalue weighted by Gasteiger charge is 2.35. The molecule has 9 nitrogen and oxygen atoms in total. The van der Waals surface area contributed by atoms with Gasteiger partial charge in [-0.15, -0.1) is 0 Å². The van der Waals surface area contributed by atoms with Crippen molar-refractivity contribution in [2.24, 2.45) is 4.99 Å². The maximum absolute atomic E-state index is 14.0. The number of ether oxygens (including phenoxy) is 1. The summed E-state index contributed by atoms with van der Waals surface area (Å²) in [5.41, 5.74) is 2.22. The number of phenolic OH excluding ortho intramolecular Hbond substituents is 1. The zero-order chi connectivity index (χ0) is 30.1. The first-order valence-corrected chi connectivity index (χ1v) is 14.8. The Hall–Kier alpha value is -4.35. The number of hydrogen-bond donors (Lipinski definition) is 1. The van der Waals surface area contributed by atoms with Crippen LogP contribution in [0.25, 0.3) is 11.8 Å². The lowest BCUT2D eigenvalue weighted by Gasteiger charge is -2.26. The molecular formula is C31H26BrN3O6S. The molecule has 1 atom stereocenters. The first-order valence-electron chi connectivity index (χ1n) is 13.2. The van der Waals surface area contributed by atoms with E-state index in [1.807, 2.05) is 54.6 Å². The summed E-state index contributed by atoms with van der Waals surface area (Å²) in [6.07, 6.45) is 1.39. The van der Waals surface area contributed by atoms with Gasteiger partial charge in [-0.3, -0.25) is 19.5 Å². The number of nitro groups is 1. The molecule has 3 aromatic carbocycles. The van der Waals surface area contributed by atoms with Crippen LogP contribution in [-0.2, 0) is 9.53 Å². The number of hydrogen-bond acceptors (Lipinski definition) is 8. The number of rotatable bonds is 7. The quantitative estimate of drug-likeness (QED) is 0.162. The summed E-state index contributed by atoms with van der Waals surface area (Å²) in [4.78, 5) is 43.5. The van der Waals surface area contributed by atoms with Crippen LogP contribution in [-0.4, -0.2) is 27.2 Å². The fraction of sp³-hybridized carbons (Fsp3) is 0.194. The molecule has 11 heteroatoms. The molecule has 214 valence electrons. The van der Waals surface area contributed by atoms with E-state index < -0.39 is 33.9 Å². The number of halogens is 1. The number of aromatic nitrogens is 1. The van der Waals surface area contributed by atoms with Gasteiger partial charge in [0, 0.05) is 21.7 Å². The van der Waals surface area contributed by atoms with Crippen LogP contribution in [0.1, 0.15) is 55.0 Å². The summed E-state index contributed by atoms with van der Waals surface area (Å²) in [6.45, 7) is 6.01. The fourth-order valence-electron chi connectivity index (χ4n) is 4.81. The summed E-state index contributed by atoms with van der Waals surface area (Å²) in [5.74, 6) is -0.873. The number of carbonyl (C=O) groups is 1. The van der Waals surface area contributed by atoms with E-state index in [0.29, 0.717) is 26.1 Å². The highest BCUT2D eigenvalue weighted by atomic mass is 79.9. The van der Waals surface area contributed by atoms with Crippen molar-refractivity contribution >= 4 is 50.7 Å². The van der Waals surface area contributed by atoms with Gasteiger partial charge < -0.3 is 9.84 Å². The minimum atomic E-state index is -0.857. The maximum atomic E-state index is 14.0. The van der Waals surface area contributed by atoms with Crippen LogP contribution in [0.2, 0.25) is 0 Å². The molecule has 4 aromatic rings. The highest BCUT2D eigenvalue weighted by molar-refractivity contribution is 9.10. The largest absolute Gasteiger partial charge is 0.502 e. The van der Waals surface area contributed by atoms with Gasteiger partial charge >= 0.3 is 11.7 Å². The molecule has 1 aliphatic heterocycles. The van der Waals surface area contributed by atoms with Crippen molar-refractivity contribution in [3.05, 3.63) is 129 Å². The van der Waals surface area contributed by atoms with Crippen molar-refractivity contribution in [1.82, 2.24) is 4.57 Å². The van der Waals surface area contributed by atoms with Gasteiger partial charge in [-0.05, 0) is 36.1 Å². The Kier molecular flexibility index (Phi) is 8.24. The lowest BCUT2D eigenvalue weighted by molar-refractivity contribution is -0.385. The van der Waals surface area contributed by atoms with Gasteiger partial charge in [0.2, 0.25) is 5.75 Å². The second kappa shape index (κ2) is 11.9. The van der Waals surface area contributed by atoms with Gasteiger partial charge in [0.05, 0.1) is 33.4 Å². The second-order valence-corrected chi connectivity index (χ2v) is 11.8. The van der Waals surface area contributed by atoms with Crippen LogP contribution in [0, 0.1) is 10.1 Å². The Labute approximate surface area is 253 Å². The van der Waals surface area contributed by atoms with Crippen molar-refractivity contribution in [1.29, 1.82) is 0 Å². The smallest absolute Gasteiger partial charge is 0.338 e. The van der Waals surface area contributed by atoms with Gasteiger partial charge in [-0.1, -0.05) is 95.7 Å². The molecule has 0 aliphatic carbocycles. The van der Waals surface area contributed by atoms with E-state index in [0.717, 1.165) is 16.9 Å². The molecule has 0 radical (unpaired) electrons. The number of aromatic hydroxyl groups is 1. The molecular weight excluding hydrogens is 622 g/mol. The maximum Gasteiger partial charge on any atom is 0.338 e. The third kappa shape index (κ3) is 5.45. The van der Waals surface area contributed by atoms with Crippen LogP contribution in [0.15, 0.2) is 86.6 Å². The summed E-state index contributed by atoms with van der Waals surface area (Å²) < 4.78 is 7.48. The average molecular weight is 649 g/mol. The molecule has 42 heavy (non-hydrogen) atoms. The van der Waals surface area contributed by atoms with Gasteiger partial charge in [-0.25, -0.2) is 9.79 Å². The molecule has 0 saturated heterocycles. The van der Waals surface area contributed by atoms with E-state index >= 15 is 0 Å². The van der Waals surface area contributed by atoms with Crippen molar-refractivity contribution < 1.29 is 19.6 Å². The number of benzene rings is 3. The number of nitro benzene ring substituents is 1. The lowest BCUT2D eigenvalue weighted by Crippen LogP contribution is -2.40. The SMILES string of the molecule is CCOC(=O)C1=C(c2ccccc2)N=c2s/c(=C\c3cc(Br)cc([N+](=O)[O-])c3O)c(=O)n2[C@@H]1c1ccc(C(C)C)cc1. The predicted molar refractivity (Wildman–Crippen MR) is 164 cm³/mol. The van der Waals surface area contributed by atoms with Crippen LogP contribution in [0.3, 0.4) is 0 Å². The van der Waals surface area contributed by atoms with Gasteiger partial charge in [0.15, 0.2) is 4.80 Å². The molecule has 0 unspecified atom stereocenters. The van der Waals surface area contributed by atoms with E-state index in [2.05, 4.69) is 29.8 Å². The zero-order valence-electron chi connectivity index (χ0n) is 22.9. The van der Waals surface area contributed by atoms with E-state index in [-0.39, 0.29) is 28.2 Å². The van der Waals surface area contributed by atoms with Gasteiger partial charge in [0.25, 0.3) is 5.56 Å². The number of nitrogens with zero attached hydrogens (tertiary/aromatic N) is 3. The van der Waals surface area contributed by atoms with E-state index in [1.54, 1.807) is 6.92 Å². The monoisotopic (exact) mass is 647 g/mol. The standard InChI is InChI=1S/C31H26BrN3O6S/c1-4-41-30(38)25-26(19-8-6-5-7-9-19)33-31-34(27(25)20-12-10-18(11-13-20)17(2)3)29(37)24(42-31)15-21-14-22(32)16-23(28(21)36)35(39)40/h5-17,27,36H,4H2,1-3H3/b24-15-/t27-/m1/s1. The molecule has 0 bridgehead atoms. The lowest BCUT2D eigenvalue weighted by atomic mass is 9.91. The van der Waals surface area contributed by atoms with Crippen LogP contribution < -0.4 is 14.9 Å². The number of thiazole rings is 1. The second-order valence-electron chi connectivity index (χ2n) is 9.87. The Bertz CT molecular complexity index is 1910. The highest BCUT2D eigenvalue weighted by Crippen LogP contribution is 2.36. The number of esters is 1. The zero-order valence-corrected chi connectivity index (χ0v) is 25.3. The molecule has 2 heterocycles. The summed E-state index contributed by atoms with van der Waals surface area (Å²) in [7, 11) is 0. The first-order chi connectivity index (χ1) is 20.1. The molecule has 0 spiro atoms. The minimum Gasteiger partial charge on any atom is -0.502 e. The molecule has 0 amide bonds. The molecule has 1 aliphatic rings. The molecule has 1 N–H and O–H groups in total. The summed E-state index contributed by atoms with van der Waals surface area (Å²) in [6, 6.07) is 18.8. The molecule has 0 saturated carbocycles. The predicted octanol–water partition coefficient (Wildman–Crippen LogP) is 5.44. The van der Waals surface area contributed by atoms with Gasteiger partial charge in [0.1, 0.15) is 0 Å². The fourth-order valence-corrected chi connectivity index (χ4v) is 6.27. The number of fused-ring (bicyclic) bond motifs is 1. The van der Waals surface area contributed by atoms with Crippen molar-refractivity contribution in [2.45, 2.75) is 32.7 Å². The Morgan fingerprint density at radius 3 is 2.50 bits per heavy atom. The molecule has 5 rings (SSSR count). The van der Waals surface area contributed by atoms with Crippen LogP contribution in [0.5, 0.6) is 5.75 Å². The topological polar surface area (TPSA) is 124 Å². The van der Waals surface area contributed by atoms with E-state index in [9.17, 15) is 24.8 Å². The Morgan fingerprint density at radius 1 is 1.19 bits per heavy atom. The van der Waals surface area contributed by atoms with Gasteiger partial charge in [-0.2, -0.15) is 0 Å². The van der Waals surface area contributed by atoms with E-state index in [4.69, 9.17) is 9.73 Å². The third-order valence-electron chi connectivity index (χ3n) is 6.86. The summed E-state index contributed by atoms with van der Waals surface area (Å²) >= 11 is 4.30. The van der Waals surface area contributed by atoms with Crippen LogP contribution in [0.4, 0.5) is 5.69 Å². The summed E-state index contributed by atoms with van der Waals surface area (Å²) in [5, 5.41) is 22.1. The van der Waals surface area contributed by atoms with Crippen molar-refractivity contribution in [2.75, 3.05) is 6.61 Å². The molecule has 1 aromatic heterocycles. The first kappa shape index (κ1) is 29.2. The van der Waals surface area contributed by atoms with Crippen molar-refractivity contribution in [3.63, 3.8) is 0 Å². The number of carbonyl (C=O) groups excluding carboxylic acids is 1. The minimum absolute atomic E-state index is 0.0899. The normalized spacial score (nSPS) is 15.0.